The summed E-state index contributed by atoms with van der Waals surface area (Å²) in [5.74, 6) is 0.361. The van der Waals surface area contributed by atoms with Gasteiger partial charge in [-0.3, -0.25) is 4.79 Å². The number of aryl methyl sites for hydroxylation is 1. The maximum atomic E-state index is 14.4. The number of halogens is 1. The third-order valence-electron chi connectivity index (χ3n) is 8.62. The molecule has 40 heavy (non-hydrogen) atoms. The van der Waals surface area contributed by atoms with E-state index in [9.17, 15) is 9.18 Å². The van der Waals surface area contributed by atoms with E-state index in [2.05, 4.69) is 43.5 Å². The summed E-state index contributed by atoms with van der Waals surface area (Å²) in [6, 6.07) is 21.6. The van der Waals surface area contributed by atoms with E-state index in [0.717, 1.165) is 39.2 Å². The summed E-state index contributed by atoms with van der Waals surface area (Å²) in [6.45, 7) is 9.29. The Morgan fingerprint density at radius 2 is 1.77 bits per heavy atom. The second-order valence-electron chi connectivity index (χ2n) is 12.5. The number of methoxy groups -OCH3 is 1. The zero-order valence-corrected chi connectivity index (χ0v) is 23.8. The van der Waals surface area contributed by atoms with Gasteiger partial charge in [0.25, 0.3) is 0 Å². The van der Waals surface area contributed by atoms with Crippen LogP contribution < -0.4 is 4.74 Å². The minimum atomic E-state index is -0.557. The lowest BCUT2D eigenvalue weighted by Crippen LogP contribution is -2.55. The van der Waals surface area contributed by atoms with Gasteiger partial charge in [0, 0.05) is 27.7 Å². The smallest absolute Gasteiger partial charge is 0.306 e. The van der Waals surface area contributed by atoms with E-state index in [0.29, 0.717) is 38.0 Å². The van der Waals surface area contributed by atoms with Gasteiger partial charge >= 0.3 is 5.97 Å². The summed E-state index contributed by atoms with van der Waals surface area (Å²) in [5.41, 5.74) is 4.74. The molecule has 1 aliphatic carbocycles. The van der Waals surface area contributed by atoms with Crippen LogP contribution in [0.2, 0.25) is 0 Å². The van der Waals surface area contributed by atoms with Crippen LogP contribution in [-0.2, 0) is 31.9 Å². The molecule has 0 unspecified atom stereocenters. The molecule has 3 aromatic carbocycles. The Bertz CT molecular complexity index is 1600. The highest BCUT2D eigenvalue weighted by atomic mass is 19.1. The van der Waals surface area contributed by atoms with E-state index in [4.69, 9.17) is 14.2 Å². The van der Waals surface area contributed by atoms with Gasteiger partial charge in [-0.2, -0.15) is 0 Å². The summed E-state index contributed by atoms with van der Waals surface area (Å²) in [6.07, 6.45) is 1.75. The molecule has 0 bridgehead atoms. The highest BCUT2D eigenvalue weighted by Crippen LogP contribution is 2.64. The number of hydrogen-bond donors (Lipinski definition) is 0. The molecule has 1 aliphatic heterocycles. The average molecular weight is 542 g/mol. The minimum Gasteiger partial charge on any atom is -0.488 e. The lowest BCUT2D eigenvalue weighted by atomic mass is 9.54. The van der Waals surface area contributed by atoms with Crippen molar-refractivity contribution in [3.8, 4) is 11.4 Å². The Morgan fingerprint density at radius 3 is 2.48 bits per heavy atom. The molecule has 0 atom stereocenters. The van der Waals surface area contributed by atoms with E-state index in [1.807, 2.05) is 42.5 Å². The molecular formula is C34H36FNO4. The van der Waals surface area contributed by atoms with Crippen LogP contribution in [0.15, 0.2) is 66.7 Å². The van der Waals surface area contributed by atoms with E-state index in [1.54, 1.807) is 6.92 Å². The predicted octanol–water partition coefficient (Wildman–Crippen LogP) is 7.52. The Balaban J connectivity index is 1.57. The number of carbonyl (C=O) groups is 1. The first-order valence-corrected chi connectivity index (χ1v) is 13.9. The van der Waals surface area contributed by atoms with Gasteiger partial charge in [0.05, 0.1) is 31.3 Å². The summed E-state index contributed by atoms with van der Waals surface area (Å²) >= 11 is 0. The normalized spacial score (nSPS) is 23.1. The molecule has 1 aromatic heterocycles. The number of hydrogen-bond acceptors (Lipinski definition) is 4. The topological polar surface area (TPSA) is 49.7 Å². The van der Waals surface area contributed by atoms with Crippen LogP contribution in [0.5, 0.6) is 5.75 Å². The Kier molecular flexibility index (Phi) is 6.30. The molecule has 6 rings (SSSR count). The SMILES string of the molecule is COC(=O)CC1(C)CC2(C1)OCC(C)(C)c1c2c2c(OCc3ccccc3)cccc2n1-c1ccc(F)c(C)c1. The summed E-state index contributed by atoms with van der Waals surface area (Å²) in [5, 5.41) is 1.02. The third-order valence-corrected chi connectivity index (χ3v) is 8.62. The van der Waals surface area contributed by atoms with Crippen molar-refractivity contribution in [1.82, 2.24) is 4.57 Å². The highest BCUT2D eigenvalue weighted by molar-refractivity contribution is 5.94. The lowest BCUT2D eigenvalue weighted by molar-refractivity contribution is -0.196. The van der Waals surface area contributed by atoms with Gasteiger partial charge in [-0.15, -0.1) is 0 Å². The van der Waals surface area contributed by atoms with Gasteiger partial charge in [-0.1, -0.05) is 57.2 Å². The number of benzene rings is 3. The van der Waals surface area contributed by atoms with Crippen molar-refractivity contribution in [3.63, 3.8) is 0 Å². The predicted molar refractivity (Wildman–Crippen MR) is 153 cm³/mol. The fraction of sp³-hybridized carbons (Fsp3) is 0.382. The van der Waals surface area contributed by atoms with Crippen molar-refractivity contribution in [3.05, 3.63) is 94.9 Å². The monoisotopic (exact) mass is 541 g/mol. The van der Waals surface area contributed by atoms with Crippen LogP contribution in [0.4, 0.5) is 4.39 Å². The number of nitrogens with zero attached hydrogens (tertiary/aromatic N) is 1. The number of esters is 1. The number of rotatable bonds is 6. The van der Waals surface area contributed by atoms with Gasteiger partial charge < -0.3 is 18.8 Å². The van der Waals surface area contributed by atoms with Crippen molar-refractivity contribution < 1.29 is 23.4 Å². The molecule has 4 aromatic rings. The third kappa shape index (κ3) is 4.29. The number of ether oxygens (including phenoxy) is 3. The maximum Gasteiger partial charge on any atom is 0.306 e. The molecule has 208 valence electrons. The zero-order valence-electron chi connectivity index (χ0n) is 23.8. The van der Waals surface area contributed by atoms with Gasteiger partial charge in [0.15, 0.2) is 0 Å². The van der Waals surface area contributed by atoms with Crippen molar-refractivity contribution in [1.29, 1.82) is 0 Å². The van der Waals surface area contributed by atoms with Gasteiger partial charge in [-0.05, 0) is 66.6 Å². The molecule has 6 heteroatoms. The fourth-order valence-corrected chi connectivity index (χ4v) is 6.89. The summed E-state index contributed by atoms with van der Waals surface area (Å²) in [4.78, 5) is 12.3. The molecule has 1 saturated carbocycles. The van der Waals surface area contributed by atoms with Crippen LogP contribution in [-0.4, -0.2) is 24.3 Å². The van der Waals surface area contributed by atoms with Gasteiger partial charge in [0.2, 0.25) is 0 Å². The molecule has 0 saturated heterocycles. The molecule has 2 heterocycles. The van der Waals surface area contributed by atoms with Crippen LogP contribution in [0.1, 0.15) is 62.4 Å². The van der Waals surface area contributed by atoms with Gasteiger partial charge in [0.1, 0.15) is 18.2 Å². The largest absolute Gasteiger partial charge is 0.488 e. The maximum absolute atomic E-state index is 14.4. The van der Waals surface area contributed by atoms with Crippen molar-refractivity contribution in [2.75, 3.05) is 13.7 Å². The van der Waals surface area contributed by atoms with Crippen LogP contribution >= 0.6 is 0 Å². The standard InChI is InChI=1S/C34H36FNO4/c1-22-16-24(14-15-25(22)35)36-26-12-9-13-27(39-18-23-10-7-6-8-11-23)29(26)30-31(36)32(2,3)21-40-34(30)19-33(4,20-34)17-28(37)38-5/h6-16H,17-21H2,1-5H3. The first-order chi connectivity index (χ1) is 19.1. The summed E-state index contributed by atoms with van der Waals surface area (Å²) in [7, 11) is 1.44. The minimum absolute atomic E-state index is 0.204. The van der Waals surface area contributed by atoms with E-state index >= 15 is 0 Å². The second kappa shape index (κ2) is 9.48. The van der Waals surface area contributed by atoms with Crippen LogP contribution in [0, 0.1) is 18.2 Å². The highest BCUT2D eigenvalue weighted by Gasteiger charge is 2.60. The fourth-order valence-electron chi connectivity index (χ4n) is 6.89. The summed E-state index contributed by atoms with van der Waals surface area (Å²) < 4.78 is 35.0. The average Bonchev–Trinajstić information content (AvgIpc) is 3.29. The van der Waals surface area contributed by atoms with Crippen molar-refractivity contribution in [2.24, 2.45) is 5.41 Å². The number of fused-ring (bicyclic) bond motifs is 4. The van der Waals surface area contributed by atoms with E-state index in [1.165, 1.54) is 13.2 Å². The Morgan fingerprint density at radius 1 is 1.02 bits per heavy atom. The first kappa shape index (κ1) is 26.6. The Labute approximate surface area is 234 Å². The lowest BCUT2D eigenvalue weighted by Gasteiger charge is -2.57. The van der Waals surface area contributed by atoms with Crippen LogP contribution in [0.25, 0.3) is 16.6 Å². The van der Waals surface area contributed by atoms with E-state index in [-0.39, 0.29) is 22.6 Å². The molecule has 1 fully saturated rings. The molecule has 1 spiro atoms. The first-order valence-electron chi connectivity index (χ1n) is 13.9. The van der Waals surface area contributed by atoms with Crippen molar-refractivity contribution >= 4 is 16.9 Å². The zero-order chi connectivity index (χ0) is 28.3. The number of carbonyl (C=O) groups excluding carboxylic acids is 1. The van der Waals surface area contributed by atoms with Gasteiger partial charge in [-0.25, -0.2) is 4.39 Å². The van der Waals surface area contributed by atoms with Crippen LogP contribution in [0.3, 0.4) is 0 Å². The van der Waals surface area contributed by atoms with E-state index < -0.39 is 5.60 Å². The molecule has 0 radical (unpaired) electrons. The Hall–Kier alpha value is -3.64. The second-order valence-corrected chi connectivity index (χ2v) is 12.5. The quantitative estimate of drug-likeness (QED) is 0.237. The molecule has 0 amide bonds. The molecule has 0 N–H and O–H groups in total. The molecule has 2 aliphatic rings. The molecule has 5 nitrogen and oxygen atoms in total. The van der Waals surface area contributed by atoms with Crippen molar-refractivity contribution in [2.45, 2.75) is 64.6 Å². The molecular weight excluding hydrogens is 505 g/mol. The number of aromatic nitrogens is 1.